The van der Waals surface area contributed by atoms with Crippen LogP contribution in [0.3, 0.4) is 0 Å². The van der Waals surface area contributed by atoms with Crippen molar-refractivity contribution in [1.29, 1.82) is 0 Å². The van der Waals surface area contributed by atoms with E-state index in [-0.39, 0.29) is 34.7 Å². The van der Waals surface area contributed by atoms with Gasteiger partial charge in [-0.1, -0.05) is 46.3 Å². The molecular weight excluding hydrogens is 881 g/mol. The van der Waals surface area contributed by atoms with Crippen LogP contribution in [0.15, 0.2) is 11.6 Å². The Labute approximate surface area is 393 Å². The van der Waals surface area contributed by atoms with E-state index in [1.165, 1.54) is 0 Å². The van der Waals surface area contributed by atoms with Crippen molar-refractivity contribution in [2.75, 3.05) is 26.4 Å². The van der Waals surface area contributed by atoms with Crippen LogP contribution in [0.25, 0.3) is 0 Å². The maximum atomic E-state index is 11.7. The summed E-state index contributed by atoms with van der Waals surface area (Å²) in [5, 5.41) is 140. The fourth-order valence-corrected chi connectivity index (χ4v) is 14.9. The number of fused-ring (bicyclic) bond motifs is 5. The monoisotopic (exact) mass is 963 g/mol. The molecule has 4 saturated carbocycles. The lowest BCUT2D eigenvalue weighted by molar-refractivity contribution is -0.399. The Kier molecular flexibility index (Phi) is 16.4. The lowest BCUT2D eigenvalue weighted by atomic mass is 9.38. The van der Waals surface area contributed by atoms with E-state index in [0.717, 1.165) is 50.5 Å². The number of aliphatic hydroxyl groups excluding tert-OH is 13. The van der Waals surface area contributed by atoms with Crippen molar-refractivity contribution in [3.8, 4) is 0 Å². The van der Waals surface area contributed by atoms with Crippen LogP contribution in [-0.4, -0.2) is 203 Å². The molecule has 7 rings (SSSR count). The molecule has 7 aliphatic rings. The summed E-state index contributed by atoms with van der Waals surface area (Å²) in [5.41, 5.74) is -0.0161. The molecule has 3 saturated heterocycles. The van der Waals surface area contributed by atoms with Crippen LogP contribution in [0.5, 0.6) is 0 Å². The molecule has 0 bridgehead atoms. The van der Waals surface area contributed by atoms with E-state index in [2.05, 4.69) is 34.6 Å². The van der Waals surface area contributed by atoms with Crippen LogP contribution in [0.1, 0.15) is 99.8 Å². The molecule has 0 unspecified atom stereocenters. The smallest absolute Gasteiger partial charge is 0.187 e. The average Bonchev–Trinajstić information content (AvgIpc) is 3.56. The summed E-state index contributed by atoms with van der Waals surface area (Å²) in [6.45, 7) is 12.7. The quantitative estimate of drug-likeness (QED) is 0.0719. The normalized spacial score (nSPS) is 51.2. The Hall–Kier alpha value is -1.02. The summed E-state index contributed by atoms with van der Waals surface area (Å²) >= 11 is 0. The topological polar surface area (TPSA) is 318 Å². The minimum atomic E-state index is -1.91. The van der Waals surface area contributed by atoms with Gasteiger partial charge in [-0.05, 0) is 111 Å². The molecule has 67 heavy (non-hydrogen) atoms. The summed E-state index contributed by atoms with van der Waals surface area (Å²) < 4.78 is 37.0. The fraction of sp³-hybridized carbons (Fsp3) is 0.958. The van der Waals surface area contributed by atoms with Gasteiger partial charge < -0.3 is 94.8 Å². The predicted octanol–water partition coefficient (Wildman–Crippen LogP) is -1.20. The molecule has 7 fully saturated rings. The predicted molar refractivity (Wildman–Crippen MR) is 235 cm³/mol. The molecule has 0 aromatic carbocycles. The van der Waals surface area contributed by atoms with Crippen LogP contribution in [0.4, 0.5) is 0 Å². The van der Waals surface area contributed by atoms with Crippen molar-refractivity contribution in [3.05, 3.63) is 11.6 Å². The summed E-state index contributed by atoms with van der Waals surface area (Å²) in [7, 11) is 0. The third-order valence-corrected chi connectivity index (χ3v) is 18.9. The van der Waals surface area contributed by atoms with Gasteiger partial charge in [0.05, 0.1) is 38.1 Å². The molecule has 0 radical (unpaired) electrons. The van der Waals surface area contributed by atoms with Gasteiger partial charge in [-0.2, -0.15) is 0 Å². The maximum absolute atomic E-state index is 11.7. The van der Waals surface area contributed by atoms with Gasteiger partial charge in [-0.15, -0.1) is 0 Å². The summed E-state index contributed by atoms with van der Waals surface area (Å²) in [5.74, 6) is 0.417. The third-order valence-electron chi connectivity index (χ3n) is 18.9. The lowest BCUT2D eigenvalue weighted by Gasteiger charge is -2.68. The molecule has 26 atom stereocenters. The van der Waals surface area contributed by atoms with E-state index < -0.39 is 142 Å². The van der Waals surface area contributed by atoms with Gasteiger partial charge in [-0.25, -0.2) is 0 Å². The number of hydrogen-bond donors (Lipinski definition) is 13. The van der Waals surface area contributed by atoms with Gasteiger partial charge in [0.2, 0.25) is 0 Å². The lowest BCUT2D eigenvalue weighted by Crippen LogP contribution is -2.68. The van der Waals surface area contributed by atoms with Crippen LogP contribution in [0.2, 0.25) is 0 Å². The largest absolute Gasteiger partial charge is 0.396 e. The number of rotatable bonds is 14. The first kappa shape index (κ1) is 53.8. The van der Waals surface area contributed by atoms with Gasteiger partial charge in [0, 0.05) is 12.5 Å². The Morgan fingerprint density at radius 1 is 0.567 bits per heavy atom. The van der Waals surface area contributed by atoms with Crippen LogP contribution >= 0.6 is 0 Å². The average molecular weight is 963 g/mol. The Morgan fingerprint density at radius 2 is 1.09 bits per heavy atom. The first-order valence-corrected chi connectivity index (χ1v) is 24.6. The highest BCUT2D eigenvalue weighted by atomic mass is 16.8. The summed E-state index contributed by atoms with van der Waals surface area (Å²) in [4.78, 5) is 0. The Balaban J connectivity index is 1.15. The number of aliphatic hydroxyl groups is 13. The second kappa shape index (κ2) is 20.5. The van der Waals surface area contributed by atoms with Gasteiger partial charge in [0.15, 0.2) is 18.9 Å². The minimum Gasteiger partial charge on any atom is -0.396 e. The summed E-state index contributed by atoms with van der Waals surface area (Å²) in [6.07, 6.45) is -19.4. The van der Waals surface area contributed by atoms with E-state index in [1.807, 2.05) is 13.8 Å². The summed E-state index contributed by atoms with van der Waals surface area (Å²) in [6, 6.07) is 0. The Morgan fingerprint density at radius 3 is 1.63 bits per heavy atom. The second-order valence-electron chi connectivity index (χ2n) is 22.7. The van der Waals surface area contributed by atoms with Gasteiger partial charge in [0.25, 0.3) is 0 Å². The standard InChI is InChI=1S/C48H82O19/c1-21(2)16-26(53)32(54)22(17-49)23-10-14-48(7)25-8-9-30-45(3,4)31(12-13-46(30,5)24(25)11-15-47(23,48)6)65-44-41(67-43-39(61)37(59)34(56)28(19-51)63-43)40(35(57)29(20-52)64-44)66-42-38(60)36(58)33(55)27(18-50)62-42/h16,22-44,49-61H,8-15,17-20H2,1-7H3/t22-,23+,24-,25+,26+,27-,28-,29+,30+,31+,32-,33-,34-,35+,36-,37+,38+,39+,40-,41+,42+,43+,44-,46+,47+,48-/m1/s1. The van der Waals surface area contributed by atoms with Crippen molar-refractivity contribution in [2.24, 2.45) is 51.2 Å². The molecule has 3 heterocycles. The van der Waals surface area contributed by atoms with Crippen molar-refractivity contribution in [3.63, 3.8) is 0 Å². The molecule has 19 nitrogen and oxygen atoms in total. The molecule has 0 spiro atoms. The van der Waals surface area contributed by atoms with E-state index in [1.54, 1.807) is 6.08 Å². The molecule has 0 aromatic rings. The highest BCUT2D eigenvalue weighted by Crippen LogP contribution is 2.75. The Bertz CT molecular complexity index is 1680. The molecule has 0 amide bonds. The molecule has 13 N–H and O–H groups in total. The number of ether oxygens (including phenoxy) is 6. The highest BCUT2D eigenvalue weighted by molar-refractivity contribution is 5.18. The van der Waals surface area contributed by atoms with Crippen LogP contribution in [0, 0.1) is 51.2 Å². The number of hydrogen-bond acceptors (Lipinski definition) is 19. The zero-order chi connectivity index (χ0) is 49.3. The molecule has 0 aromatic heterocycles. The molecule has 4 aliphatic carbocycles. The first-order chi connectivity index (χ1) is 31.4. The molecule has 19 heteroatoms. The fourth-order valence-electron chi connectivity index (χ4n) is 14.9. The van der Waals surface area contributed by atoms with Gasteiger partial charge in [0.1, 0.15) is 73.2 Å². The van der Waals surface area contributed by atoms with E-state index in [4.69, 9.17) is 28.4 Å². The van der Waals surface area contributed by atoms with E-state index in [9.17, 15) is 66.4 Å². The van der Waals surface area contributed by atoms with Crippen molar-refractivity contribution >= 4 is 0 Å². The van der Waals surface area contributed by atoms with Gasteiger partial charge >= 0.3 is 0 Å². The van der Waals surface area contributed by atoms with Crippen molar-refractivity contribution < 1.29 is 94.8 Å². The zero-order valence-corrected chi connectivity index (χ0v) is 40.1. The van der Waals surface area contributed by atoms with Crippen molar-refractivity contribution in [1.82, 2.24) is 0 Å². The first-order valence-electron chi connectivity index (χ1n) is 24.6. The van der Waals surface area contributed by atoms with Crippen molar-refractivity contribution in [2.45, 2.75) is 210 Å². The second-order valence-corrected chi connectivity index (χ2v) is 22.7. The number of allylic oxidation sites excluding steroid dienone is 1. The maximum Gasteiger partial charge on any atom is 0.187 e. The van der Waals surface area contributed by atoms with E-state index in [0.29, 0.717) is 18.3 Å². The van der Waals surface area contributed by atoms with Crippen LogP contribution < -0.4 is 0 Å². The van der Waals surface area contributed by atoms with Gasteiger partial charge in [-0.3, -0.25) is 0 Å². The molecule has 3 aliphatic heterocycles. The molecular formula is C48H82O19. The zero-order valence-electron chi connectivity index (χ0n) is 40.1. The minimum absolute atomic E-state index is 0.0215. The third kappa shape index (κ3) is 9.24. The molecule has 388 valence electrons. The SMILES string of the molecule is CC(C)=C[C@H](O)[C@H](O)[C@H](CO)[C@@H]1CC[C@]2(C)[C@H]3CC[C@H]4C(C)(C)[C@@H](O[C@H]5O[C@@H](CO)[C@H](O)[C@@H](O[C@@H]6O[C@H](CO)[C@@H](O)[C@@H](O)[C@@H]6O)[C@@H]5O[C@@H]5O[C@H](CO)[C@@H](O)[C@H](O)[C@@H]5O)CC[C@@]4(C)[C@@H]3CC[C@@]12C. The highest BCUT2D eigenvalue weighted by Gasteiger charge is 2.69. The van der Waals surface area contributed by atoms with Crippen LogP contribution in [-0.2, 0) is 28.4 Å². The van der Waals surface area contributed by atoms with E-state index >= 15 is 0 Å².